The quantitative estimate of drug-likeness (QED) is 0.638. The molecule has 0 saturated heterocycles. The van der Waals surface area contributed by atoms with Crippen LogP contribution in [0.15, 0.2) is 12.1 Å². The second-order valence-electron chi connectivity index (χ2n) is 6.00. The predicted octanol–water partition coefficient (Wildman–Crippen LogP) is 3.59. The number of benzene rings is 2. The van der Waals surface area contributed by atoms with E-state index in [1.54, 1.807) is 26.0 Å². The summed E-state index contributed by atoms with van der Waals surface area (Å²) in [6.45, 7) is 3.61. The van der Waals surface area contributed by atoms with Gasteiger partial charge in [-0.15, -0.1) is 0 Å². The van der Waals surface area contributed by atoms with Gasteiger partial charge in [-0.25, -0.2) is 0 Å². The van der Waals surface area contributed by atoms with E-state index >= 15 is 0 Å². The maximum absolute atomic E-state index is 13.6. The fourth-order valence-electron chi connectivity index (χ4n) is 3.25. The summed E-state index contributed by atoms with van der Waals surface area (Å²) in [6, 6.07) is 3.47. The minimum Gasteiger partial charge on any atom is -0.493 e. The maximum Gasteiger partial charge on any atom is 0.204 e. The number of aryl methyl sites for hydroxylation is 2. The Morgan fingerprint density at radius 1 is 0.571 bits per heavy atom. The van der Waals surface area contributed by atoms with Crippen LogP contribution >= 0.6 is 0 Å². The van der Waals surface area contributed by atoms with Crippen molar-refractivity contribution in [3.8, 4) is 34.5 Å². The van der Waals surface area contributed by atoms with Gasteiger partial charge in [0.1, 0.15) is 0 Å². The van der Waals surface area contributed by atoms with Crippen LogP contribution in [-0.4, -0.2) is 48.4 Å². The van der Waals surface area contributed by atoms with Crippen LogP contribution in [0.5, 0.6) is 34.5 Å². The summed E-state index contributed by atoms with van der Waals surface area (Å²) in [5, 5.41) is 0. The number of hydrogen-bond donors (Lipinski definition) is 0. The summed E-state index contributed by atoms with van der Waals surface area (Å²) >= 11 is 0. The zero-order valence-corrected chi connectivity index (χ0v) is 17.5. The number of methoxy groups -OCH3 is 6. The van der Waals surface area contributed by atoms with Gasteiger partial charge in [-0.2, -0.15) is 0 Å². The number of ketones is 1. The topological polar surface area (TPSA) is 72.5 Å². The minimum absolute atomic E-state index is 0.286. The zero-order chi connectivity index (χ0) is 21.0. The smallest absolute Gasteiger partial charge is 0.204 e. The molecule has 0 aliphatic carbocycles. The number of carbonyl (C=O) groups is 1. The molecular formula is C21H26O7. The van der Waals surface area contributed by atoms with E-state index in [2.05, 4.69) is 0 Å². The molecule has 0 unspecified atom stereocenters. The highest BCUT2D eigenvalue weighted by atomic mass is 16.5. The van der Waals surface area contributed by atoms with Gasteiger partial charge in [0.05, 0.1) is 53.8 Å². The highest BCUT2D eigenvalue weighted by molar-refractivity contribution is 6.15. The molecule has 0 bridgehead atoms. The molecule has 7 heteroatoms. The molecule has 0 radical (unpaired) electrons. The fourth-order valence-corrected chi connectivity index (χ4v) is 3.25. The second kappa shape index (κ2) is 8.73. The van der Waals surface area contributed by atoms with Crippen LogP contribution in [0.3, 0.4) is 0 Å². The molecule has 0 spiro atoms. The Balaban J connectivity index is 2.84. The van der Waals surface area contributed by atoms with Crippen LogP contribution in [0.4, 0.5) is 0 Å². The van der Waals surface area contributed by atoms with Crippen molar-refractivity contribution in [2.24, 2.45) is 0 Å². The van der Waals surface area contributed by atoms with E-state index in [9.17, 15) is 4.79 Å². The van der Waals surface area contributed by atoms with Crippen LogP contribution in [-0.2, 0) is 0 Å². The number of hydrogen-bond acceptors (Lipinski definition) is 7. The molecular weight excluding hydrogens is 364 g/mol. The van der Waals surface area contributed by atoms with Crippen LogP contribution in [0, 0.1) is 13.8 Å². The first-order valence-corrected chi connectivity index (χ1v) is 8.53. The number of rotatable bonds is 8. The Bertz CT molecular complexity index is 816. The van der Waals surface area contributed by atoms with Gasteiger partial charge in [0.2, 0.25) is 17.3 Å². The lowest BCUT2D eigenvalue weighted by molar-refractivity contribution is 0.103. The van der Waals surface area contributed by atoms with Crippen molar-refractivity contribution in [1.29, 1.82) is 0 Å². The van der Waals surface area contributed by atoms with Gasteiger partial charge < -0.3 is 28.4 Å². The average Bonchev–Trinajstić information content (AvgIpc) is 2.70. The van der Waals surface area contributed by atoms with Crippen molar-refractivity contribution in [2.75, 3.05) is 42.7 Å². The summed E-state index contributed by atoms with van der Waals surface area (Å²) in [5.41, 5.74) is 2.06. The van der Waals surface area contributed by atoms with Crippen molar-refractivity contribution in [2.45, 2.75) is 13.8 Å². The Kier molecular flexibility index (Phi) is 6.62. The predicted molar refractivity (Wildman–Crippen MR) is 105 cm³/mol. The summed E-state index contributed by atoms with van der Waals surface area (Å²) in [7, 11) is 9.00. The van der Waals surface area contributed by atoms with E-state index in [0.29, 0.717) is 56.8 Å². The summed E-state index contributed by atoms with van der Waals surface area (Å²) in [4.78, 5) is 13.6. The lowest BCUT2D eigenvalue weighted by Crippen LogP contribution is -2.12. The average molecular weight is 390 g/mol. The normalized spacial score (nSPS) is 10.3. The molecule has 0 N–H and O–H groups in total. The van der Waals surface area contributed by atoms with E-state index in [0.717, 1.165) is 0 Å². The lowest BCUT2D eigenvalue weighted by Gasteiger charge is -2.21. The van der Waals surface area contributed by atoms with Crippen molar-refractivity contribution in [3.05, 3.63) is 34.4 Å². The third kappa shape index (κ3) is 3.40. The van der Waals surface area contributed by atoms with E-state index < -0.39 is 0 Å². The third-order valence-electron chi connectivity index (χ3n) is 4.51. The summed E-state index contributed by atoms with van der Waals surface area (Å²) in [5.74, 6) is 1.94. The fraction of sp³-hybridized carbons (Fsp3) is 0.381. The highest BCUT2D eigenvalue weighted by Crippen LogP contribution is 2.46. The molecule has 2 rings (SSSR count). The molecule has 0 amide bonds. The highest BCUT2D eigenvalue weighted by Gasteiger charge is 2.30. The van der Waals surface area contributed by atoms with E-state index in [1.807, 2.05) is 0 Å². The molecule has 2 aromatic carbocycles. The summed E-state index contributed by atoms with van der Waals surface area (Å²) < 4.78 is 32.6. The van der Waals surface area contributed by atoms with Gasteiger partial charge in [-0.3, -0.25) is 4.79 Å². The molecule has 28 heavy (non-hydrogen) atoms. The molecule has 0 atom stereocenters. The van der Waals surface area contributed by atoms with Gasteiger partial charge in [-0.1, -0.05) is 0 Å². The van der Waals surface area contributed by atoms with Crippen molar-refractivity contribution < 1.29 is 33.2 Å². The Morgan fingerprint density at radius 3 is 1.14 bits per heavy atom. The van der Waals surface area contributed by atoms with Gasteiger partial charge in [0.25, 0.3) is 0 Å². The van der Waals surface area contributed by atoms with Crippen molar-refractivity contribution >= 4 is 5.78 Å². The molecule has 7 nitrogen and oxygen atoms in total. The van der Waals surface area contributed by atoms with Gasteiger partial charge in [0, 0.05) is 0 Å². The van der Waals surface area contributed by atoms with Crippen molar-refractivity contribution in [3.63, 3.8) is 0 Å². The maximum atomic E-state index is 13.6. The molecule has 152 valence electrons. The Labute approximate surface area is 165 Å². The second-order valence-corrected chi connectivity index (χ2v) is 6.00. The van der Waals surface area contributed by atoms with E-state index in [4.69, 9.17) is 28.4 Å². The Morgan fingerprint density at radius 2 is 0.893 bits per heavy atom. The molecule has 2 aromatic rings. The number of ether oxygens (including phenoxy) is 6. The van der Waals surface area contributed by atoms with Gasteiger partial charge >= 0.3 is 0 Å². The van der Waals surface area contributed by atoms with E-state index in [1.165, 1.54) is 42.7 Å². The molecule has 0 heterocycles. The molecule has 0 fully saturated rings. The monoisotopic (exact) mass is 390 g/mol. The van der Waals surface area contributed by atoms with Crippen molar-refractivity contribution in [1.82, 2.24) is 0 Å². The molecule has 0 aliphatic rings. The van der Waals surface area contributed by atoms with Crippen LogP contribution < -0.4 is 28.4 Å². The minimum atomic E-state index is -0.286. The Hall–Kier alpha value is -3.09. The van der Waals surface area contributed by atoms with Gasteiger partial charge in [0.15, 0.2) is 23.0 Å². The zero-order valence-electron chi connectivity index (χ0n) is 17.5. The standard InChI is InChI=1S/C21H26O7/c1-11-9-13(23-3)18(25-5)20(27-7)15(11)17(22)16-12(2)10-14(24-4)19(26-6)21(16)28-8/h9-10H,1-8H3. The van der Waals surface area contributed by atoms with Crippen LogP contribution in [0.1, 0.15) is 27.0 Å². The molecule has 0 aliphatic heterocycles. The third-order valence-corrected chi connectivity index (χ3v) is 4.51. The first kappa shape index (κ1) is 21.2. The molecule has 0 saturated carbocycles. The van der Waals surface area contributed by atoms with Crippen LogP contribution in [0.25, 0.3) is 0 Å². The lowest BCUT2D eigenvalue weighted by atomic mass is 9.93. The largest absolute Gasteiger partial charge is 0.493 e. The summed E-state index contributed by atoms with van der Waals surface area (Å²) in [6.07, 6.45) is 0. The van der Waals surface area contributed by atoms with E-state index in [-0.39, 0.29) is 5.78 Å². The number of carbonyl (C=O) groups excluding carboxylic acids is 1. The van der Waals surface area contributed by atoms with Crippen LogP contribution in [0.2, 0.25) is 0 Å². The first-order valence-electron chi connectivity index (χ1n) is 8.53. The SMILES string of the molecule is COc1cc(C)c(C(=O)c2c(C)cc(OC)c(OC)c2OC)c(OC)c1OC. The first-order chi connectivity index (χ1) is 13.4. The van der Waals surface area contributed by atoms with Gasteiger partial charge in [-0.05, 0) is 37.1 Å². The molecule has 0 aromatic heterocycles.